The number of nitrogens with one attached hydrogen (secondary N) is 2. The SMILES string of the molecule is O=C(CCl)Nc1c[nH]c2cc(Br)ccc12. The van der Waals surface area contributed by atoms with E-state index in [1.54, 1.807) is 6.20 Å². The zero-order valence-corrected chi connectivity index (χ0v) is 10.0. The molecule has 2 rings (SSSR count). The summed E-state index contributed by atoms with van der Waals surface area (Å²) in [5.74, 6) is -0.246. The number of hydrogen-bond acceptors (Lipinski definition) is 1. The summed E-state index contributed by atoms with van der Waals surface area (Å²) in [5, 5.41) is 3.69. The van der Waals surface area contributed by atoms with Gasteiger partial charge in [0, 0.05) is 21.6 Å². The van der Waals surface area contributed by atoms with Crippen LogP contribution in [-0.4, -0.2) is 16.8 Å². The Kier molecular flexibility index (Phi) is 2.98. The second-order valence-electron chi connectivity index (χ2n) is 3.07. The van der Waals surface area contributed by atoms with Gasteiger partial charge in [0.05, 0.1) is 5.69 Å². The molecule has 1 aromatic heterocycles. The zero-order chi connectivity index (χ0) is 10.8. The number of anilines is 1. The minimum atomic E-state index is -0.208. The molecule has 0 saturated heterocycles. The Balaban J connectivity index is 2.41. The van der Waals surface area contributed by atoms with E-state index in [1.807, 2.05) is 18.2 Å². The smallest absolute Gasteiger partial charge is 0.239 e. The molecule has 3 nitrogen and oxygen atoms in total. The first kappa shape index (κ1) is 10.5. The van der Waals surface area contributed by atoms with Crippen LogP contribution in [0, 0.1) is 0 Å². The number of benzene rings is 1. The first-order valence-electron chi connectivity index (χ1n) is 4.33. The highest BCUT2D eigenvalue weighted by molar-refractivity contribution is 9.10. The topological polar surface area (TPSA) is 44.9 Å². The van der Waals surface area contributed by atoms with Gasteiger partial charge in [0.15, 0.2) is 0 Å². The van der Waals surface area contributed by atoms with Crippen LogP contribution in [0.3, 0.4) is 0 Å². The van der Waals surface area contributed by atoms with Crippen LogP contribution >= 0.6 is 27.5 Å². The van der Waals surface area contributed by atoms with Crippen molar-refractivity contribution in [2.24, 2.45) is 0 Å². The molecule has 78 valence electrons. The Hall–Kier alpha value is -1.000. The third-order valence-electron chi connectivity index (χ3n) is 2.04. The van der Waals surface area contributed by atoms with Gasteiger partial charge in [-0.2, -0.15) is 0 Å². The van der Waals surface area contributed by atoms with Gasteiger partial charge in [-0.1, -0.05) is 15.9 Å². The van der Waals surface area contributed by atoms with Crippen molar-refractivity contribution in [3.05, 3.63) is 28.9 Å². The molecule has 15 heavy (non-hydrogen) atoms. The number of rotatable bonds is 2. The number of hydrogen-bond donors (Lipinski definition) is 2. The number of H-pyrrole nitrogens is 1. The summed E-state index contributed by atoms with van der Waals surface area (Å²) in [6.07, 6.45) is 1.75. The van der Waals surface area contributed by atoms with Crippen molar-refractivity contribution < 1.29 is 4.79 Å². The van der Waals surface area contributed by atoms with Gasteiger partial charge in [0.2, 0.25) is 5.91 Å². The molecule has 0 aliphatic carbocycles. The predicted octanol–water partition coefficient (Wildman–Crippen LogP) is 3.11. The van der Waals surface area contributed by atoms with Crippen LogP contribution in [0.5, 0.6) is 0 Å². The normalized spacial score (nSPS) is 10.5. The van der Waals surface area contributed by atoms with Gasteiger partial charge in [-0.25, -0.2) is 0 Å². The van der Waals surface area contributed by atoms with Gasteiger partial charge in [0.25, 0.3) is 0 Å². The summed E-state index contributed by atoms with van der Waals surface area (Å²) in [6.45, 7) is 0. The van der Waals surface area contributed by atoms with Gasteiger partial charge >= 0.3 is 0 Å². The first-order valence-corrected chi connectivity index (χ1v) is 5.66. The van der Waals surface area contributed by atoms with Gasteiger partial charge in [-0.05, 0) is 18.2 Å². The van der Waals surface area contributed by atoms with E-state index in [0.717, 1.165) is 21.1 Å². The van der Waals surface area contributed by atoms with E-state index < -0.39 is 0 Å². The maximum Gasteiger partial charge on any atom is 0.239 e. The van der Waals surface area contributed by atoms with Gasteiger partial charge in [0.1, 0.15) is 5.88 Å². The highest BCUT2D eigenvalue weighted by atomic mass is 79.9. The first-order chi connectivity index (χ1) is 7.20. The largest absolute Gasteiger partial charge is 0.359 e. The van der Waals surface area contributed by atoms with Crippen molar-refractivity contribution in [1.29, 1.82) is 0 Å². The molecule has 1 amide bonds. The Morgan fingerprint density at radius 1 is 1.53 bits per heavy atom. The van der Waals surface area contributed by atoms with Crippen molar-refractivity contribution in [1.82, 2.24) is 4.98 Å². The van der Waals surface area contributed by atoms with E-state index in [2.05, 4.69) is 26.2 Å². The van der Waals surface area contributed by atoms with Crippen LogP contribution in [0.1, 0.15) is 0 Å². The molecule has 0 unspecified atom stereocenters. The number of aromatic nitrogens is 1. The van der Waals surface area contributed by atoms with E-state index in [-0.39, 0.29) is 11.8 Å². The second-order valence-corrected chi connectivity index (χ2v) is 4.26. The summed E-state index contributed by atoms with van der Waals surface area (Å²) in [7, 11) is 0. The molecule has 0 fully saturated rings. The van der Waals surface area contributed by atoms with E-state index in [0.29, 0.717) is 0 Å². The number of carbonyl (C=O) groups excluding carboxylic acids is 1. The quantitative estimate of drug-likeness (QED) is 0.819. The van der Waals surface area contributed by atoms with Crippen molar-refractivity contribution in [3.8, 4) is 0 Å². The molecule has 2 aromatic rings. The average Bonchev–Trinajstić information content (AvgIpc) is 2.60. The average molecular weight is 288 g/mol. The zero-order valence-electron chi connectivity index (χ0n) is 7.68. The molecule has 0 saturated carbocycles. The number of carbonyl (C=O) groups is 1. The molecule has 0 atom stereocenters. The lowest BCUT2D eigenvalue weighted by molar-refractivity contribution is -0.113. The second kappa shape index (κ2) is 4.24. The van der Waals surface area contributed by atoms with Crippen LogP contribution in [-0.2, 0) is 4.79 Å². The fraction of sp³-hybridized carbons (Fsp3) is 0.100. The molecule has 0 aliphatic rings. The molecular formula is C10H8BrClN2O. The predicted molar refractivity (Wildman–Crippen MR) is 65.3 cm³/mol. The van der Waals surface area contributed by atoms with Crippen LogP contribution in [0.4, 0.5) is 5.69 Å². The van der Waals surface area contributed by atoms with Crippen molar-refractivity contribution in [2.45, 2.75) is 0 Å². The number of fused-ring (bicyclic) bond motifs is 1. The maximum absolute atomic E-state index is 11.1. The van der Waals surface area contributed by atoms with E-state index in [4.69, 9.17) is 11.6 Å². The van der Waals surface area contributed by atoms with Gasteiger partial charge in [-0.3, -0.25) is 4.79 Å². The Morgan fingerprint density at radius 3 is 3.07 bits per heavy atom. The summed E-state index contributed by atoms with van der Waals surface area (Å²) >= 11 is 8.79. The number of alkyl halides is 1. The fourth-order valence-corrected chi connectivity index (χ4v) is 1.81. The van der Waals surface area contributed by atoms with Crippen LogP contribution < -0.4 is 5.32 Å². The van der Waals surface area contributed by atoms with Gasteiger partial charge < -0.3 is 10.3 Å². The number of amides is 1. The summed E-state index contributed by atoms with van der Waals surface area (Å²) < 4.78 is 0.993. The summed E-state index contributed by atoms with van der Waals surface area (Å²) in [5.41, 5.74) is 1.72. The highest BCUT2D eigenvalue weighted by Gasteiger charge is 2.06. The lowest BCUT2D eigenvalue weighted by Gasteiger charge is -2.00. The summed E-state index contributed by atoms with van der Waals surface area (Å²) in [6, 6.07) is 5.80. The van der Waals surface area contributed by atoms with Crippen LogP contribution in [0.15, 0.2) is 28.9 Å². The third-order valence-corrected chi connectivity index (χ3v) is 2.78. The molecule has 0 bridgehead atoms. The van der Waals surface area contributed by atoms with E-state index in [1.165, 1.54) is 0 Å². The monoisotopic (exact) mass is 286 g/mol. The molecule has 0 radical (unpaired) electrons. The molecule has 1 heterocycles. The Labute approximate surface area is 99.9 Å². The van der Waals surface area contributed by atoms with Crippen molar-refractivity contribution in [2.75, 3.05) is 11.2 Å². The number of halogens is 2. The molecule has 0 spiro atoms. The van der Waals surface area contributed by atoms with Crippen LogP contribution in [0.25, 0.3) is 10.9 Å². The highest BCUT2D eigenvalue weighted by Crippen LogP contribution is 2.25. The fourth-order valence-electron chi connectivity index (χ4n) is 1.39. The van der Waals surface area contributed by atoms with Gasteiger partial charge in [-0.15, -0.1) is 11.6 Å². The molecular weight excluding hydrogens is 279 g/mol. The third kappa shape index (κ3) is 2.16. The van der Waals surface area contributed by atoms with Crippen molar-refractivity contribution >= 4 is 50.0 Å². The lowest BCUT2D eigenvalue weighted by atomic mass is 10.2. The maximum atomic E-state index is 11.1. The standard InChI is InChI=1S/C10H8BrClN2O/c11-6-1-2-7-8(3-6)13-5-9(7)14-10(15)4-12/h1-3,5,13H,4H2,(H,14,15). The van der Waals surface area contributed by atoms with E-state index >= 15 is 0 Å². The lowest BCUT2D eigenvalue weighted by Crippen LogP contribution is -2.11. The van der Waals surface area contributed by atoms with Crippen molar-refractivity contribution in [3.63, 3.8) is 0 Å². The molecule has 5 heteroatoms. The van der Waals surface area contributed by atoms with Crippen LogP contribution in [0.2, 0.25) is 0 Å². The minimum Gasteiger partial charge on any atom is -0.359 e. The minimum absolute atomic E-state index is 0.0385. The molecule has 0 aliphatic heterocycles. The number of aromatic amines is 1. The Morgan fingerprint density at radius 2 is 2.33 bits per heavy atom. The summed E-state index contributed by atoms with van der Waals surface area (Å²) in [4.78, 5) is 14.2. The Bertz CT molecular complexity index is 509. The molecule has 1 aromatic carbocycles. The molecule has 2 N–H and O–H groups in total. The van der Waals surface area contributed by atoms with E-state index in [9.17, 15) is 4.79 Å².